The second kappa shape index (κ2) is 7.53. The Kier molecular flexibility index (Phi) is 4.78. The quantitative estimate of drug-likeness (QED) is 0.691. The zero-order chi connectivity index (χ0) is 18.6. The van der Waals surface area contributed by atoms with E-state index in [9.17, 15) is 0 Å². The van der Waals surface area contributed by atoms with Crippen molar-refractivity contribution in [2.45, 2.75) is 20.3 Å². The Balaban J connectivity index is 1.55. The molecule has 4 rings (SSSR count). The van der Waals surface area contributed by atoms with Crippen LogP contribution in [0.2, 0.25) is 0 Å². The molecule has 0 bridgehead atoms. The Morgan fingerprint density at radius 1 is 1.00 bits per heavy atom. The van der Waals surface area contributed by atoms with Crippen molar-refractivity contribution >= 4 is 23.1 Å². The van der Waals surface area contributed by atoms with Crippen LogP contribution < -0.4 is 20.1 Å². The first-order valence-corrected chi connectivity index (χ1v) is 9.08. The number of ether oxygens (including phenoxy) is 2. The summed E-state index contributed by atoms with van der Waals surface area (Å²) in [6.45, 7) is 5.38. The first-order valence-electron chi connectivity index (χ1n) is 9.08. The molecule has 2 N–H and O–H groups in total. The average molecular weight is 362 g/mol. The molecule has 1 aliphatic rings. The fraction of sp³-hybridized carbons (Fsp3) is 0.238. The summed E-state index contributed by atoms with van der Waals surface area (Å²) in [4.78, 5) is 8.91. The van der Waals surface area contributed by atoms with Gasteiger partial charge in [-0.25, -0.2) is 4.98 Å². The second-order valence-electron chi connectivity index (χ2n) is 6.34. The zero-order valence-electron chi connectivity index (χ0n) is 15.5. The number of hydrogen-bond acceptors (Lipinski definition) is 6. The number of aryl methyl sites for hydroxylation is 2. The second-order valence-corrected chi connectivity index (χ2v) is 6.34. The number of nitrogens with zero attached hydrogens (tertiary/aromatic N) is 2. The van der Waals surface area contributed by atoms with E-state index in [1.807, 2.05) is 24.3 Å². The Morgan fingerprint density at radius 3 is 2.70 bits per heavy atom. The number of para-hydroxylation sites is 1. The van der Waals surface area contributed by atoms with Gasteiger partial charge in [0.25, 0.3) is 0 Å². The summed E-state index contributed by atoms with van der Waals surface area (Å²) >= 11 is 0. The van der Waals surface area contributed by atoms with Crippen LogP contribution in [0.25, 0.3) is 0 Å². The summed E-state index contributed by atoms with van der Waals surface area (Å²) in [6.07, 6.45) is 2.69. The molecule has 0 unspecified atom stereocenters. The summed E-state index contributed by atoms with van der Waals surface area (Å²) in [7, 11) is 0. The molecule has 6 heteroatoms. The first-order chi connectivity index (χ1) is 13.2. The van der Waals surface area contributed by atoms with E-state index in [1.54, 1.807) is 6.20 Å². The molecule has 1 aromatic heterocycles. The lowest BCUT2D eigenvalue weighted by Gasteiger charge is -2.19. The van der Waals surface area contributed by atoms with Crippen LogP contribution in [-0.2, 0) is 6.42 Å². The summed E-state index contributed by atoms with van der Waals surface area (Å²) in [5, 5.41) is 6.66. The third-order valence-electron chi connectivity index (χ3n) is 4.45. The molecule has 6 nitrogen and oxygen atoms in total. The van der Waals surface area contributed by atoms with Gasteiger partial charge in [0.05, 0.1) is 0 Å². The molecule has 27 heavy (non-hydrogen) atoms. The van der Waals surface area contributed by atoms with Gasteiger partial charge >= 0.3 is 0 Å². The predicted molar refractivity (Wildman–Crippen MR) is 107 cm³/mol. The van der Waals surface area contributed by atoms with Crippen molar-refractivity contribution in [1.29, 1.82) is 0 Å². The van der Waals surface area contributed by atoms with Gasteiger partial charge in [-0.2, -0.15) is 4.98 Å². The average Bonchev–Trinajstić information content (AvgIpc) is 2.70. The smallest absolute Gasteiger partial charge is 0.229 e. The maximum absolute atomic E-state index is 5.63. The van der Waals surface area contributed by atoms with E-state index in [0.717, 1.165) is 35.1 Å². The van der Waals surface area contributed by atoms with Crippen molar-refractivity contribution in [1.82, 2.24) is 9.97 Å². The molecule has 3 aromatic rings. The number of anilines is 4. The number of nitrogens with one attached hydrogen (secondary N) is 2. The topological polar surface area (TPSA) is 68.3 Å². The van der Waals surface area contributed by atoms with Gasteiger partial charge < -0.3 is 20.1 Å². The van der Waals surface area contributed by atoms with Gasteiger partial charge in [0, 0.05) is 23.6 Å². The molecule has 2 aromatic carbocycles. The van der Waals surface area contributed by atoms with Gasteiger partial charge in [-0.3, -0.25) is 0 Å². The molecular formula is C21H22N4O2. The molecule has 2 heterocycles. The van der Waals surface area contributed by atoms with Crippen LogP contribution in [0.5, 0.6) is 11.5 Å². The summed E-state index contributed by atoms with van der Waals surface area (Å²) in [6, 6.07) is 13.9. The molecule has 0 fully saturated rings. The minimum absolute atomic E-state index is 0.517. The maximum Gasteiger partial charge on any atom is 0.229 e. The lowest BCUT2D eigenvalue weighted by molar-refractivity contribution is 0.171. The van der Waals surface area contributed by atoms with Crippen molar-refractivity contribution < 1.29 is 9.47 Å². The van der Waals surface area contributed by atoms with E-state index < -0.39 is 0 Å². The highest BCUT2D eigenvalue weighted by atomic mass is 16.6. The lowest BCUT2D eigenvalue weighted by Crippen LogP contribution is -2.15. The van der Waals surface area contributed by atoms with Crippen LogP contribution in [0.1, 0.15) is 18.1 Å². The SMILES string of the molecule is CCc1cccc(C)c1Nc1ccnc(Nc2ccc3c(c2)OCCO3)n1. The van der Waals surface area contributed by atoms with Gasteiger partial charge in [0.15, 0.2) is 11.5 Å². The van der Waals surface area contributed by atoms with Crippen molar-refractivity contribution in [2.75, 3.05) is 23.8 Å². The van der Waals surface area contributed by atoms with Gasteiger partial charge in [-0.15, -0.1) is 0 Å². The largest absolute Gasteiger partial charge is 0.486 e. The minimum Gasteiger partial charge on any atom is -0.486 e. The molecular weight excluding hydrogens is 340 g/mol. The van der Waals surface area contributed by atoms with E-state index in [-0.39, 0.29) is 0 Å². The van der Waals surface area contributed by atoms with Crippen molar-refractivity contribution in [3.63, 3.8) is 0 Å². The van der Waals surface area contributed by atoms with Gasteiger partial charge in [-0.05, 0) is 42.7 Å². The fourth-order valence-electron chi connectivity index (χ4n) is 3.07. The van der Waals surface area contributed by atoms with E-state index >= 15 is 0 Å². The van der Waals surface area contributed by atoms with E-state index in [0.29, 0.717) is 19.2 Å². The molecule has 0 amide bonds. The zero-order valence-corrected chi connectivity index (χ0v) is 15.5. The van der Waals surface area contributed by atoms with Crippen molar-refractivity contribution in [3.05, 3.63) is 59.8 Å². The lowest BCUT2D eigenvalue weighted by atomic mass is 10.1. The Labute approximate surface area is 158 Å². The van der Waals surface area contributed by atoms with Crippen LogP contribution in [0.15, 0.2) is 48.7 Å². The van der Waals surface area contributed by atoms with Crippen LogP contribution in [0, 0.1) is 6.92 Å². The number of aromatic nitrogens is 2. The highest BCUT2D eigenvalue weighted by Crippen LogP contribution is 2.33. The summed E-state index contributed by atoms with van der Waals surface area (Å²) in [5.74, 6) is 2.75. The number of hydrogen-bond donors (Lipinski definition) is 2. The molecule has 0 radical (unpaired) electrons. The molecule has 0 spiro atoms. The van der Waals surface area contributed by atoms with Crippen molar-refractivity contribution in [2.24, 2.45) is 0 Å². The number of fused-ring (bicyclic) bond motifs is 1. The molecule has 138 valence electrons. The van der Waals surface area contributed by atoms with Crippen LogP contribution in [0.3, 0.4) is 0 Å². The molecule has 0 saturated carbocycles. The molecule has 0 aliphatic carbocycles. The summed E-state index contributed by atoms with van der Waals surface area (Å²) in [5.41, 5.74) is 4.40. The predicted octanol–water partition coefficient (Wildman–Crippen LogP) is 4.61. The standard InChI is InChI=1S/C21H22N4O2/c1-3-15-6-4-5-14(2)20(15)24-19-9-10-22-21(25-19)23-16-7-8-17-18(13-16)27-12-11-26-17/h4-10,13H,3,11-12H2,1-2H3,(H2,22,23,24,25). The normalized spacial score (nSPS) is 12.5. The third-order valence-corrected chi connectivity index (χ3v) is 4.45. The van der Waals surface area contributed by atoms with Gasteiger partial charge in [0.2, 0.25) is 5.95 Å². The Hall–Kier alpha value is -3.28. The van der Waals surface area contributed by atoms with E-state index in [1.165, 1.54) is 11.1 Å². The molecule has 0 saturated heterocycles. The van der Waals surface area contributed by atoms with Gasteiger partial charge in [-0.1, -0.05) is 25.1 Å². The number of benzene rings is 2. The van der Waals surface area contributed by atoms with Crippen LogP contribution in [0.4, 0.5) is 23.1 Å². The fourth-order valence-corrected chi connectivity index (χ4v) is 3.07. The Morgan fingerprint density at radius 2 is 1.85 bits per heavy atom. The van der Waals surface area contributed by atoms with Crippen molar-refractivity contribution in [3.8, 4) is 11.5 Å². The van der Waals surface area contributed by atoms with E-state index in [2.05, 4.69) is 52.6 Å². The first kappa shape index (κ1) is 17.1. The highest BCUT2D eigenvalue weighted by Gasteiger charge is 2.12. The monoisotopic (exact) mass is 362 g/mol. The van der Waals surface area contributed by atoms with Crippen LogP contribution in [-0.4, -0.2) is 23.2 Å². The van der Waals surface area contributed by atoms with E-state index in [4.69, 9.17) is 9.47 Å². The van der Waals surface area contributed by atoms with Gasteiger partial charge in [0.1, 0.15) is 19.0 Å². The molecule has 1 aliphatic heterocycles. The molecule has 0 atom stereocenters. The van der Waals surface area contributed by atoms with Crippen LogP contribution >= 0.6 is 0 Å². The highest BCUT2D eigenvalue weighted by molar-refractivity contribution is 5.66. The minimum atomic E-state index is 0.517. The Bertz CT molecular complexity index is 959. The number of rotatable bonds is 5. The third kappa shape index (κ3) is 3.79. The maximum atomic E-state index is 5.63. The summed E-state index contributed by atoms with van der Waals surface area (Å²) < 4.78 is 11.2.